The maximum Gasteiger partial charge on any atom is 0.291 e. The Hall–Kier alpha value is -0.920. The number of thioether (sulfide) groups is 1. The van der Waals surface area contributed by atoms with Crippen molar-refractivity contribution in [2.24, 2.45) is 29.4 Å². The highest BCUT2D eigenvalue weighted by Crippen LogP contribution is 2.53. The van der Waals surface area contributed by atoms with Gasteiger partial charge in [-0.3, -0.25) is 4.79 Å². The van der Waals surface area contributed by atoms with Crippen molar-refractivity contribution in [3.63, 3.8) is 0 Å². The highest BCUT2D eigenvalue weighted by atomic mass is 35.5. The Morgan fingerprint density at radius 3 is 2.40 bits per heavy atom. The Kier molecular flexibility index (Phi) is 7.20. The molecule has 0 saturated heterocycles. The second kappa shape index (κ2) is 9.70. The van der Waals surface area contributed by atoms with Crippen LogP contribution in [0.1, 0.15) is 74.8 Å². The zero-order valence-corrected chi connectivity index (χ0v) is 19.1. The van der Waals surface area contributed by atoms with Crippen molar-refractivity contribution in [2.75, 3.05) is 13.2 Å². The van der Waals surface area contributed by atoms with Crippen molar-refractivity contribution in [1.82, 2.24) is 10.5 Å². The van der Waals surface area contributed by atoms with Crippen LogP contribution < -0.4 is 15.8 Å². The minimum atomic E-state index is -0.115. The first-order chi connectivity index (χ1) is 14.2. The first-order valence-electron chi connectivity index (χ1n) is 11.5. The number of carbonyl (C=O) groups is 1. The number of nitrogens with two attached hydrogens (primary N) is 1. The Labute approximate surface area is 189 Å². The summed E-state index contributed by atoms with van der Waals surface area (Å²) in [7, 11) is 0. The van der Waals surface area contributed by atoms with E-state index in [4.69, 9.17) is 15.0 Å². The predicted molar refractivity (Wildman–Crippen MR) is 119 cm³/mol. The van der Waals surface area contributed by atoms with Crippen molar-refractivity contribution in [3.8, 4) is 5.88 Å². The molecule has 1 aromatic heterocycles. The average Bonchev–Trinajstić information content (AvgIpc) is 3.11. The SMILES string of the molecule is Cl.NCCOc1noc(C(=O)NC2C3CC4CC(C3)CC2C4)c1SC1CCCCC1. The Morgan fingerprint density at radius 1 is 1.10 bits per heavy atom. The summed E-state index contributed by atoms with van der Waals surface area (Å²) in [5.74, 6) is 3.72. The standard InChI is InChI=1S/C22H33N3O3S.ClH/c23-6-7-27-22-20(29-17-4-2-1-3-5-17)19(28-25-22)21(26)24-18-15-9-13-8-14(11-15)12-16(18)10-13;/h13-18H,1-12,23H2,(H,24,26);1H. The molecule has 6 rings (SSSR count). The number of halogens is 1. The lowest BCUT2D eigenvalue weighted by molar-refractivity contribution is -0.0124. The van der Waals surface area contributed by atoms with E-state index in [1.54, 1.807) is 11.8 Å². The highest BCUT2D eigenvalue weighted by Gasteiger charge is 2.49. The second-order valence-corrected chi connectivity index (χ2v) is 10.9. The van der Waals surface area contributed by atoms with Gasteiger partial charge < -0.3 is 20.3 Å². The van der Waals surface area contributed by atoms with E-state index in [0.717, 1.165) is 16.7 Å². The molecule has 168 valence electrons. The molecule has 0 unspecified atom stereocenters. The van der Waals surface area contributed by atoms with E-state index >= 15 is 0 Å². The lowest BCUT2D eigenvalue weighted by Gasteiger charge is -2.54. The molecule has 8 heteroatoms. The van der Waals surface area contributed by atoms with Crippen molar-refractivity contribution in [2.45, 2.75) is 80.4 Å². The average molecular weight is 456 g/mol. The molecule has 30 heavy (non-hydrogen) atoms. The first-order valence-corrected chi connectivity index (χ1v) is 12.4. The van der Waals surface area contributed by atoms with Gasteiger partial charge in [-0.25, -0.2) is 0 Å². The van der Waals surface area contributed by atoms with E-state index in [1.807, 2.05) is 0 Å². The molecule has 1 aromatic rings. The zero-order valence-electron chi connectivity index (χ0n) is 17.5. The largest absolute Gasteiger partial charge is 0.473 e. The third kappa shape index (κ3) is 4.49. The number of hydrogen-bond acceptors (Lipinski definition) is 6. The van der Waals surface area contributed by atoms with E-state index in [9.17, 15) is 4.79 Å². The van der Waals surface area contributed by atoms with E-state index in [0.29, 0.717) is 47.9 Å². The summed E-state index contributed by atoms with van der Waals surface area (Å²) in [6, 6.07) is 0.293. The highest BCUT2D eigenvalue weighted by molar-refractivity contribution is 8.00. The minimum absolute atomic E-state index is 0. The molecular weight excluding hydrogens is 422 g/mol. The van der Waals surface area contributed by atoms with Crippen LogP contribution in [0.5, 0.6) is 5.88 Å². The van der Waals surface area contributed by atoms with Gasteiger partial charge in [-0.2, -0.15) is 0 Å². The number of amides is 1. The molecule has 0 atom stereocenters. The van der Waals surface area contributed by atoms with Gasteiger partial charge in [-0.15, -0.1) is 24.2 Å². The molecule has 5 aliphatic carbocycles. The molecular formula is C22H34ClN3O3S. The van der Waals surface area contributed by atoms with Crippen LogP contribution in [0.25, 0.3) is 0 Å². The van der Waals surface area contributed by atoms with Crippen molar-refractivity contribution in [1.29, 1.82) is 0 Å². The monoisotopic (exact) mass is 455 g/mol. The van der Waals surface area contributed by atoms with Gasteiger partial charge in [0.25, 0.3) is 11.8 Å². The Balaban J connectivity index is 0.00000218. The van der Waals surface area contributed by atoms with Crippen LogP contribution in [0, 0.1) is 23.7 Å². The van der Waals surface area contributed by atoms with Crippen molar-refractivity contribution in [3.05, 3.63) is 5.76 Å². The summed E-state index contributed by atoms with van der Waals surface area (Å²) in [5, 5.41) is 7.95. The smallest absolute Gasteiger partial charge is 0.291 e. The summed E-state index contributed by atoms with van der Waals surface area (Å²) in [6.45, 7) is 0.789. The molecule has 1 amide bonds. The van der Waals surface area contributed by atoms with Gasteiger partial charge >= 0.3 is 0 Å². The Bertz CT molecular complexity index is 709. The molecule has 3 N–H and O–H groups in total. The molecule has 4 bridgehead atoms. The summed E-state index contributed by atoms with van der Waals surface area (Å²) >= 11 is 1.71. The van der Waals surface area contributed by atoms with Crippen LogP contribution >= 0.6 is 24.2 Å². The maximum atomic E-state index is 13.2. The molecule has 0 spiro atoms. The topological polar surface area (TPSA) is 90.4 Å². The number of ether oxygens (including phenoxy) is 1. The fourth-order valence-corrected chi connectivity index (χ4v) is 7.83. The maximum absolute atomic E-state index is 13.2. The fourth-order valence-electron chi connectivity index (χ4n) is 6.49. The first kappa shape index (κ1) is 22.3. The number of carbonyl (C=O) groups excluding carboxylic acids is 1. The van der Waals surface area contributed by atoms with Crippen LogP contribution in [0.15, 0.2) is 9.42 Å². The summed E-state index contributed by atoms with van der Waals surface area (Å²) in [4.78, 5) is 14.0. The molecule has 0 aromatic carbocycles. The van der Waals surface area contributed by atoms with Crippen LogP contribution in [0.3, 0.4) is 0 Å². The van der Waals surface area contributed by atoms with Crippen molar-refractivity contribution >= 4 is 30.1 Å². The lowest BCUT2D eigenvalue weighted by Crippen LogP contribution is -2.55. The molecule has 5 aliphatic rings. The summed E-state index contributed by atoms with van der Waals surface area (Å²) < 4.78 is 11.3. The molecule has 0 aliphatic heterocycles. The van der Waals surface area contributed by atoms with Crippen LogP contribution in [0.2, 0.25) is 0 Å². The lowest BCUT2D eigenvalue weighted by atomic mass is 9.54. The third-order valence-corrected chi connectivity index (χ3v) is 8.94. The second-order valence-electron chi connectivity index (χ2n) is 9.59. The van der Waals surface area contributed by atoms with E-state index < -0.39 is 0 Å². The minimum Gasteiger partial charge on any atom is -0.473 e. The molecule has 0 radical (unpaired) electrons. The third-order valence-electron chi connectivity index (χ3n) is 7.54. The van der Waals surface area contributed by atoms with Gasteiger partial charge in [0.15, 0.2) is 0 Å². The van der Waals surface area contributed by atoms with E-state index in [1.165, 1.54) is 64.2 Å². The van der Waals surface area contributed by atoms with Gasteiger partial charge in [-0.1, -0.05) is 19.3 Å². The predicted octanol–water partition coefficient (Wildman–Crippen LogP) is 4.41. The van der Waals surface area contributed by atoms with Crippen LogP contribution in [-0.2, 0) is 0 Å². The quantitative estimate of drug-likeness (QED) is 0.632. The van der Waals surface area contributed by atoms with Gasteiger partial charge in [-0.05, 0) is 73.8 Å². The number of nitrogens with zero attached hydrogens (tertiary/aromatic N) is 1. The molecule has 5 saturated carbocycles. The number of hydrogen-bond donors (Lipinski definition) is 2. The summed E-state index contributed by atoms with van der Waals surface area (Å²) in [5.41, 5.74) is 5.60. The zero-order chi connectivity index (χ0) is 19.8. The van der Waals surface area contributed by atoms with Crippen molar-refractivity contribution < 1.29 is 14.1 Å². The molecule has 1 heterocycles. The van der Waals surface area contributed by atoms with Gasteiger partial charge in [0.05, 0.1) is 0 Å². The van der Waals surface area contributed by atoms with Gasteiger partial charge in [0.1, 0.15) is 11.5 Å². The number of rotatable bonds is 7. The van der Waals surface area contributed by atoms with E-state index in [2.05, 4.69) is 10.5 Å². The van der Waals surface area contributed by atoms with E-state index in [-0.39, 0.29) is 18.3 Å². The summed E-state index contributed by atoms with van der Waals surface area (Å²) in [6.07, 6.45) is 12.7. The molecule has 6 nitrogen and oxygen atoms in total. The van der Waals surface area contributed by atoms with Gasteiger partial charge in [0.2, 0.25) is 5.76 Å². The normalized spacial score (nSPS) is 32.6. The van der Waals surface area contributed by atoms with Gasteiger partial charge in [0, 0.05) is 17.8 Å². The van der Waals surface area contributed by atoms with Crippen LogP contribution in [-0.4, -0.2) is 35.5 Å². The molecule has 5 fully saturated rings. The van der Waals surface area contributed by atoms with Crippen LogP contribution in [0.4, 0.5) is 0 Å². The number of nitrogens with one attached hydrogen (secondary N) is 1. The fraction of sp³-hybridized carbons (Fsp3) is 0.818. The Morgan fingerprint density at radius 2 is 1.77 bits per heavy atom. The number of aromatic nitrogens is 1.